The van der Waals surface area contributed by atoms with Crippen molar-refractivity contribution in [1.82, 2.24) is 15.5 Å². The number of methoxy groups -OCH3 is 2. The van der Waals surface area contributed by atoms with Crippen LogP contribution in [0.5, 0.6) is 11.5 Å². The molecule has 2 aromatic rings. The lowest BCUT2D eigenvalue weighted by Crippen LogP contribution is -2.38. The molecule has 10 heteroatoms. The number of carbonyl (C=O) groups excluding carboxylic acids is 1. The Labute approximate surface area is 174 Å². The second kappa shape index (κ2) is 9.95. The predicted octanol–water partition coefficient (Wildman–Crippen LogP) is 2.62. The number of aromatic nitrogens is 2. The van der Waals surface area contributed by atoms with Gasteiger partial charge in [-0.15, -0.1) is 12.4 Å². The van der Waals surface area contributed by atoms with Gasteiger partial charge >= 0.3 is 0 Å². The largest absolute Gasteiger partial charge is 0.493 e. The number of carbonyl (C=O) groups is 1. The van der Waals surface area contributed by atoms with Gasteiger partial charge < -0.3 is 25.0 Å². The summed E-state index contributed by atoms with van der Waals surface area (Å²) in [5, 5.41) is 7.17. The van der Waals surface area contributed by atoms with Crippen LogP contribution in [-0.4, -0.2) is 42.9 Å². The fourth-order valence-electron chi connectivity index (χ4n) is 2.75. The molecule has 28 heavy (non-hydrogen) atoms. The number of halogens is 2. The number of hydrogen-bond donors (Lipinski definition) is 2. The van der Waals surface area contributed by atoms with Crippen LogP contribution in [-0.2, 0) is 11.2 Å². The van der Waals surface area contributed by atoms with E-state index in [-0.39, 0.29) is 30.8 Å². The molecule has 1 heterocycles. The van der Waals surface area contributed by atoms with Gasteiger partial charge in [-0.2, -0.15) is 4.98 Å². The molecule has 0 aliphatic heterocycles. The van der Waals surface area contributed by atoms with Crippen LogP contribution >= 0.6 is 24.0 Å². The summed E-state index contributed by atoms with van der Waals surface area (Å²) in [7, 11) is 3.03. The van der Waals surface area contributed by atoms with Gasteiger partial charge in [0.15, 0.2) is 11.5 Å². The second-order valence-electron chi connectivity index (χ2n) is 6.51. The van der Waals surface area contributed by atoms with Gasteiger partial charge in [0.25, 0.3) is 0 Å². The summed E-state index contributed by atoms with van der Waals surface area (Å²) in [6.07, 6.45) is 2.91. The summed E-state index contributed by atoms with van der Waals surface area (Å²) in [6, 6.07) is 3.42. The highest BCUT2D eigenvalue weighted by Gasteiger charge is 2.28. The number of rotatable bonds is 9. The third-order valence-electron chi connectivity index (χ3n) is 4.49. The standard InChI is InChI=1S/C18H23ClN4O4.ClH/c1-25-14-8-11(7-12(19)17(14)26-2)18-22-16(27-23-18)6-5-15(24)21-9-13(20)10-3-4-10;/h7-8,10,13H,3-6,9,20H2,1-2H3,(H,21,24);1H. The van der Waals surface area contributed by atoms with Crippen molar-refractivity contribution in [2.24, 2.45) is 11.7 Å². The molecule has 1 fully saturated rings. The van der Waals surface area contributed by atoms with Crippen molar-refractivity contribution in [2.75, 3.05) is 20.8 Å². The average molecular weight is 431 g/mol. The molecule has 1 saturated carbocycles. The highest BCUT2D eigenvalue weighted by atomic mass is 35.5. The molecule has 0 radical (unpaired) electrons. The molecule has 1 atom stereocenters. The summed E-state index contributed by atoms with van der Waals surface area (Å²) < 4.78 is 15.7. The molecule has 0 bridgehead atoms. The maximum atomic E-state index is 11.9. The van der Waals surface area contributed by atoms with Crippen LogP contribution in [0.15, 0.2) is 16.7 Å². The van der Waals surface area contributed by atoms with E-state index in [1.165, 1.54) is 14.2 Å². The summed E-state index contributed by atoms with van der Waals surface area (Å²) >= 11 is 6.21. The third kappa shape index (κ3) is 5.50. The van der Waals surface area contributed by atoms with E-state index in [4.69, 9.17) is 31.3 Å². The summed E-state index contributed by atoms with van der Waals surface area (Å²) in [6.45, 7) is 0.503. The normalized spacial score (nSPS) is 14.1. The van der Waals surface area contributed by atoms with Crippen molar-refractivity contribution in [3.63, 3.8) is 0 Å². The Morgan fingerprint density at radius 2 is 2.14 bits per heavy atom. The monoisotopic (exact) mass is 430 g/mol. The van der Waals surface area contributed by atoms with E-state index >= 15 is 0 Å². The van der Waals surface area contributed by atoms with Crippen LogP contribution in [0.3, 0.4) is 0 Å². The number of nitrogens with two attached hydrogens (primary N) is 1. The fraction of sp³-hybridized carbons (Fsp3) is 0.500. The van der Waals surface area contributed by atoms with Gasteiger partial charge in [0.2, 0.25) is 17.6 Å². The summed E-state index contributed by atoms with van der Waals surface area (Å²) in [5.41, 5.74) is 6.61. The topological polar surface area (TPSA) is 112 Å². The lowest BCUT2D eigenvalue weighted by Gasteiger charge is -2.10. The molecule has 1 aliphatic carbocycles. The Kier molecular flexibility index (Phi) is 7.91. The van der Waals surface area contributed by atoms with E-state index in [0.29, 0.717) is 52.7 Å². The molecule has 1 aromatic carbocycles. The van der Waals surface area contributed by atoms with Crippen molar-refractivity contribution in [2.45, 2.75) is 31.7 Å². The number of amides is 1. The molecule has 8 nitrogen and oxygen atoms in total. The van der Waals surface area contributed by atoms with E-state index < -0.39 is 0 Å². The van der Waals surface area contributed by atoms with Crippen molar-refractivity contribution in [3.05, 3.63) is 23.0 Å². The molecule has 1 aliphatic rings. The highest BCUT2D eigenvalue weighted by molar-refractivity contribution is 6.32. The van der Waals surface area contributed by atoms with Crippen molar-refractivity contribution in [3.8, 4) is 22.9 Å². The van der Waals surface area contributed by atoms with Gasteiger partial charge in [-0.3, -0.25) is 4.79 Å². The molecule has 1 unspecified atom stereocenters. The first-order valence-corrected chi connectivity index (χ1v) is 9.16. The predicted molar refractivity (Wildman–Crippen MR) is 107 cm³/mol. The zero-order valence-corrected chi connectivity index (χ0v) is 17.3. The van der Waals surface area contributed by atoms with Crippen LogP contribution in [0.2, 0.25) is 5.02 Å². The lowest BCUT2D eigenvalue weighted by atomic mass is 10.2. The number of hydrogen-bond acceptors (Lipinski definition) is 7. The van der Waals surface area contributed by atoms with E-state index in [1.807, 2.05) is 0 Å². The highest BCUT2D eigenvalue weighted by Crippen LogP contribution is 2.38. The first-order valence-electron chi connectivity index (χ1n) is 8.78. The maximum absolute atomic E-state index is 11.9. The number of nitrogens with one attached hydrogen (secondary N) is 1. The van der Waals surface area contributed by atoms with E-state index in [2.05, 4.69) is 15.5 Å². The van der Waals surface area contributed by atoms with E-state index in [0.717, 1.165) is 12.8 Å². The number of benzene rings is 1. The Hall–Kier alpha value is -2.03. The van der Waals surface area contributed by atoms with Gasteiger partial charge in [-0.1, -0.05) is 16.8 Å². The van der Waals surface area contributed by atoms with Gasteiger partial charge in [0.1, 0.15) is 0 Å². The van der Waals surface area contributed by atoms with E-state index in [1.54, 1.807) is 12.1 Å². The van der Waals surface area contributed by atoms with Gasteiger partial charge in [0, 0.05) is 31.0 Å². The Morgan fingerprint density at radius 3 is 2.79 bits per heavy atom. The van der Waals surface area contributed by atoms with Crippen LogP contribution in [0.4, 0.5) is 0 Å². The average Bonchev–Trinajstić information content (AvgIpc) is 3.41. The smallest absolute Gasteiger partial charge is 0.227 e. The first-order chi connectivity index (χ1) is 13.0. The first kappa shape index (κ1) is 22.3. The quantitative estimate of drug-likeness (QED) is 0.628. The van der Waals surface area contributed by atoms with Gasteiger partial charge in [-0.25, -0.2) is 0 Å². The van der Waals surface area contributed by atoms with Gasteiger partial charge in [0.05, 0.1) is 19.2 Å². The second-order valence-corrected chi connectivity index (χ2v) is 6.92. The maximum Gasteiger partial charge on any atom is 0.227 e. The van der Waals surface area contributed by atoms with Crippen molar-refractivity contribution >= 4 is 29.9 Å². The molecule has 1 aromatic heterocycles. The lowest BCUT2D eigenvalue weighted by molar-refractivity contribution is -0.121. The molecule has 0 spiro atoms. The zero-order chi connectivity index (χ0) is 19.4. The van der Waals surface area contributed by atoms with Crippen LogP contribution < -0.4 is 20.5 Å². The number of nitrogens with zero attached hydrogens (tertiary/aromatic N) is 2. The molecule has 1 amide bonds. The summed E-state index contributed by atoms with van der Waals surface area (Å²) in [5.74, 6) is 2.11. The molecule has 0 saturated heterocycles. The minimum Gasteiger partial charge on any atom is -0.493 e. The fourth-order valence-corrected chi connectivity index (χ4v) is 3.04. The van der Waals surface area contributed by atoms with Crippen LogP contribution in [0, 0.1) is 5.92 Å². The Morgan fingerprint density at radius 1 is 1.39 bits per heavy atom. The SMILES string of the molecule is COc1cc(-c2noc(CCC(=O)NCC(N)C3CC3)n2)cc(Cl)c1OC.Cl. The third-order valence-corrected chi connectivity index (χ3v) is 4.77. The van der Waals surface area contributed by atoms with Crippen LogP contribution in [0.1, 0.15) is 25.2 Å². The summed E-state index contributed by atoms with van der Waals surface area (Å²) in [4.78, 5) is 16.3. The van der Waals surface area contributed by atoms with Crippen LogP contribution in [0.25, 0.3) is 11.4 Å². The molecule has 3 rings (SSSR count). The molecule has 154 valence electrons. The molecule has 3 N–H and O–H groups in total. The minimum absolute atomic E-state index is 0. The van der Waals surface area contributed by atoms with Gasteiger partial charge in [-0.05, 0) is 30.9 Å². The Balaban J connectivity index is 0.00000280. The Bertz CT molecular complexity index is 811. The number of aryl methyl sites for hydroxylation is 1. The van der Waals surface area contributed by atoms with Crippen molar-refractivity contribution in [1.29, 1.82) is 0 Å². The zero-order valence-electron chi connectivity index (χ0n) is 15.7. The molecular weight excluding hydrogens is 407 g/mol. The van der Waals surface area contributed by atoms with Crippen molar-refractivity contribution < 1.29 is 18.8 Å². The van der Waals surface area contributed by atoms with E-state index in [9.17, 15) is 4.79 Å². The minimum atomic E-state index is -0.0833. The molecular formula is C18H24Cl2N4O4. The number of ether oxygens (including phenoxy) is 2.